The lowest BCUT2D eigenvalue weighted by molar-refractivity contribution is 0.197. The van der Waals surface area contributed by atoms with Crippen LogP contribution in [0.1, 0.15) is 208 Å². The van der Waals surface area contributed by atoms with Crippen LogP contribution in [-0.2, 0) is 27.1 Å². The van der Waals surface area contributed by atoms with E-state index in [9.17, 15) is 10.2 Å². The largest absolute Gasteiger partial charge is 0.396 e. The topological polar surface area (TPSA) is 40.5 Å². The molecule has 0 saturated heterocycles. The van der Waals surface area contributed by atoms with Crippen LogP contribution in [0.3, 0.4) is 0 Å². The van der Waals surface area contributed by atoms with Crippen LogP contribution in [0, 0.1) is 24.7 Å². The monoisotopic (exact) mass is 1250 g/mol. The van der Waals surface area contributed by atoms with Crippen molar-refractivity contribution >= 4 is 0 Å². The molecule has 5 aliphatic carbocycles. The van der Waals surface area contributed by atoms with Crippen LogP contribution in [0.25, 0.3) is 100 Å². The van der Waals surface area contributed by atoms with Gasteiger partial charge in [-0.05, 0) is 300 Å². The molecule has 0 fully saturated rings. The molecule has 2 nitrogen and oxygen atoms in total. The van der Waals surface area contributed by atoms with Gasteiger partial charge in [0, 0.05) is 33.7 Å². The summed E-state index contributed by atoms with van der Waals surface area (Å²) in [7, 11) is 0. The highest BCUT2D eigenvalue weighted by Crippen LogP contribution is 2.61. The van der Waals surface area contributed by atoms with Crippen molar-refractivity contribution in [1.82, 2.24) is 0 Å². The SMILES string of the molecule is CCC1(C)c2cc(C)ccc2-c2ccc(-c3ccc4c(c3)C(CC)(CCC(C)C)c3cc(-c5ccc6c(c5)C(CO)(CCCO)c5cc(-c7ccc8c(c7)C(CC)(CCC(C)C)c7cc(-c9ccc%10c(c9)C(C)(CCC(C)C)c9ccccc9-%10)ccc7-8)ccc5-6)ccc3-4)cc21. The second kappa shape index (κ2) is 23.7. The summed E-state index contributed by atoms with van der Waals surface area (Å²) in [4.78, 5) is 0. The summed E-state index contributed by atoms with van der Waals surface area (Å²) in [6.07, 6.45) is 11.1. The lowest BCUT2D eigenvalue weighted by Crippen LogP contribution is -2.30. The minimum absolute atomic E-state index is 0.0333. The van der Waals surface area contributed by atoms with Gasteiger partial charge in [-0.3, -0.25) is 0 Å². The molecule has 5 aliphatic rings. The first kappa shape index (κ1) is 63.2. The molecule has 15 rings (SSSR count). The van der Waals surface area contributed by atoms with E-state index in [4.69, 9.17) is 0 Å². The molecule has 0 aromatic heterocycles. The molecule has 0 aliphatic heterocycles. The quantitative estimate of drug-likeness (QED) is 0.0798. The number of aryl methyl sites for hydroxylation is 1. The van der Waals surface area contributed by atoms with Crippen LogP contribution >= 0.6 is 0 Å². The third kappa shape index (κ3) is 9.66. The molecule has 5 unspecified atom stereocenters. The predicted octanol–water partition coefficient (Wildman–Crippen LogP) is 24.3. The zero-order valence-electron chi connectivity index (χ0n) is 58.7. The van der Waals surface area contributed by atoms with Gasteiger partial charge in [0.15, 0.2) is 0 Å². The van der Waals surface area contributed by atoms with E-state index < -0.39 is 5.41 Å². The number of hydrogen-bond acceptors (Lipinski definition) is 2. The zero-order chi connectivity index (χ0) is 66.1. The van der Waals surface area contributed by atoms with E-state index in [0.29, 0.717) is 30.6 Å². The van der Waals surface area contributed by atoms with Gasteiger partial charge >= 0.3 is 0 Å². The van der Waals surface area contributed by atoms with E-state index in [1.54, 1.807) is 0 Å². The Morgan fingerprint density at radius 1 is 0.295 bits per heavy atom. The molecule has 0 radical (unpaired) electrons. The third-order valence-electron chi connectivity index (χ3n) is 25.0. The Kier molecular flexibility index (Phi) is 15.8. The first-order chi connectivity index (χ1) is 45.9. The minimum atomic E-state index is -0.693. The first-order valence-electron chi connectivity index (χ1n) is 36.5. The highest BCUT2D eigenvalue weighted by Gasteiger charge is 2.47. The molecule has 2 heteroatoms. The highest BCUT2D eigenvalue weighted by atomic mass is 16.3. The second-order valence-corrected chi connectivity index (χ2v) is 31.4. The van der Waals surface area contributed by atoms with E-state index in [0.717, 1.165) is 62.5 Å². The Bertz CT molecular complexity index is 4700. The van der Waals surface area contributed by atoms with Crippen molar-refractivity contribution in [3.8, 4) is 100 Å². The van der Waals surface area contributed by atoms with Gasteiger partial charge in [0.1, 0.15) is 0 Å². The molecule has 2 N–H and O–H groups in total. The maximum Gasteiger partial charge on any atom is 0.0569 e. The molecule has 0 heterocycles. The fourth-order valence-corrected chi connectivity index (χ4v) is 19.1. The number of benzene rings is 10. The van der Waals surface area contributed by atoms with E-state index in [1.165, 1.54) is 157 Å². The van der Waals surface area contributed by atoms with Crippen LogP contribution in [0.15, 0.2) is 188 Å². The maximum absolute atomic E-state index is 12.1. The van der Waals surface area contributed by atoms with E-state index in [-0.39, 0.29) is 34.9 Å². The van der Waals surface area contributed by atoms with Gasteiger partial charge in [0.25, 0.3) is 0 Å². The molecule has 10 aromatic rings. The number of aliphatic hydroxyl groups excluding tert-OH is 2. The molecule has 10 aromatic carbocycles. The van der Waals surface area contributed by atoms with Gasteiger partial charge < -0.3 is 10.2 Å². The molecule has 0 amide bonds. The van der Waals surface area contributed by atoms with Crippen molar-refractivity contribution in [2.45, 2.75) is 181 Å². The molecule has 5 atom stereocenters. The predicted molar refractivity (Wildman–Crippen MR) is 402 cm³/mol. The van der Waals surface area contributed by atoms with Crippen molar-refractivity contribution in [2.24, 2.45) is 17.8 Å². The molecule has 0 saturated carbocycles. The molecular weight excluding hydrogens is 1150 g/mol. The fraction of sp³-hybridized carbons (Fsp3) is 0.355. The number of aliphatic hydroxyl groups is 2. The summed E-state index contributed by atoms with van der Waals surface area (Å²) >= 11 is 0. The zero-order valence-corrected chi connectivity index (χ0v) is 58.7. The van der Waals surface area contributed by atoms with Gasteiger partial charge in [-0.25, -0.2) is 0 Å². The molecule has 0 spiro atoms. The van der Waals surface area contributed by atoms with Crippen LogP contribution in [0.4, 0.5) is 0 Å². The van der Waals surface area contributed by atoms with Gasteiger partial charge in [-0.1, -0.05) is 221 Å². The van der Waals surface area contributed by atoms with Crippen molar-refractivity contribution in [3.05, 3.63) is 249 Å². The Labute approximate surface area is 568 Å². The minimum Gasteiger partial charge on any atom is -0.396 e. The summed E-state index contributed by atoms with van der Waals surface area (Å²) in [5.41, 5.74) is 37.5. The van der Waals surface area contributed by atoms with E-state index >= 15 is 0 Å². The van der Waals surface area contributed by atoms with Gasteiger partial charge in [-0.2, -0.15) is 0 Å². The van der Waals surface area contributed by atoms with Crippen LogP contribution in [0.5, 0.6) is 0 Å². The van der Waals surface area contributed by atoms with Crippen molar-refractivity contribution in [1.29, 1.82) is 0 Å². The number of hydrogen-bond donors (Lipinski definition) is 2. The molecule has 482 valence electrons. The summed E-state index contributed by atoms with van der Waals surface area (Å²) in [6, 6.07) is 74.4. The van der Waals surface area contributed by atoms with Crippen molar-refractivity contribution in [2.75, 3.05) is 13.2 Å². The smallest absolute Gasteiger partial charge is 0.0569 e. The van der Waals surface area contributed by atoms with Crippen LogP contribution in [0.2, 0.25) is 0 Å². The Balaban J connectivity index is 0.775. The Morgan fingerprint density at radius 2 is 0.589 bits per heavy atom. The average molecular weight is 1250 g/mol. The van der Waals surface area contributed by atoms with E-state index in [2.05, 4.69) is 271 Å². The average Bonchev–Trinajstić information content (AvgIpc) is 1.58. The maximum atomic E-state index is 12.1. The Morgan fingerprint density at radius 3 is 0.926 bits per heavy atom. The lowest BCUT2D eigenvalue weighted by Gasteiger charge is -2.33. The third-order valence-corrected chi connectivity index (χ3v) is 25.0. The summed E-state index contributed by atoms with van der Waals surface area (Å²) in [6.45, 7) is 28.6. The van der Waals surface area contributed by atoms with Gasteiger partial charge in [0.05, 0.1) is 6.61 Å². The molecular formula is C93H98O2. The summed E-state index contributed by atoms with van der Waals surface area (Å²) in [5.74, 6) is 1.78. The highest BCUT2D eigenvalue weighted by molar-refractivity contribution is 5.93. The number of rotatable bonds is 20. The van der Waals surface area contributed by atoms with Crippen molar-refractivity contribution < 1.29 is 10.2 Å². The van der Waals surface area contributed by atoms with Crippen LogP contribution in [-0.4, -0.2) is 23.4 Å². The summed E-state index contributed by atoms with van der Waals surface area (Å²) in [5, 5.41) is 22.8. The summed E-state index contributed by atoms with van der Waals surface area (Å²) < 4.78 is 0. The number of fused-ring (bicyclic) bond motifs is 15. The standard InChI is InChI=1S/C93H98O2/c1-13-89(11)80-47-60(10)21-30-70(80)72-32-23-61(48-81(72)89)63-24-33-73-75-35-26-65(52-85(75)91(14-2,83(73)50-63)44-40-58(6)7)67-28-37-77-78-38-29-68(55-88(78)93(56-95,42-18-46-94)87(77)54-67)66-27-36-76-74-34-25-64(51-84(74)92(15-3,86(76)53-66)45-41-59(8)9)62-22-31-71-69-19-16-17-20-79(69)90(12,82(71)49-62)43-39-57(4)5/h16-17,19-38,47-55,57-59,94-95H,13-15,18,39-46,56H2,1-12H3. The van der Waals surface area contributed by atoms with E-state index in [1.807, 2.05) is 0 Å². The second-order valence-electron chi connectivity index (χ2n) is 31.4. The van der Waals surface area contributed by atoms with Gasteiger partial charge in [0.2, 0.25) is 0 Å². The van der Waals surface area contributed by atoms with Crippen LogP contribution < -0.4 is 0 Å². The lowest BCUT2D eigenvalue weighted by atomic mass is 9.70. The normalized spacial score (nSPS) is 21.1. The molecule has 0 bridgehead atoms. The Hall–Kier alpha value is -7.88. The first-order valence-corrected chi connectivity index (χ1v) is 36.5. The van der Waals surface area contributed by atoms with Gasteiger partial charge in [-0.15, -0.1) is 0 Å². The molecule has 95 heavy (non-hydrogen) atoms. The van der Waals surface area contributed by atoms with Crippen molar-refractivity contribution in [3.63, 3.8) is 0 Å². The fourth-order valence-electron chi connectivity index (χ4n) is 19.1.